The van der Waals surface area contributed by atoms with Gasteiger partial charge in [0.05, 0.1) is 10.0 Å². The lowest BCUT2D eigenvalue weighted by Crippen LogP contribution is -2.29. The molecule has 0 radical (unpaired) electrons. The average Bonchev–Trinajstić information content (AvgIpc) is 2.61. The van der Waals surface area contributed by atoms with Gasteiger partial charge in [-0.3, -0.25) is 0 Å². The molecule has 0 saturated heterocycles. The maximum Gasteiger partial charge on any atom is 0.156 e. The van der Waals surface area contributed by atoms with E-state index in [0.717, 1.165) is 17.7 Å². The van der Waals surface area contributed by atoms with E-state index in [2.05, 4.69) is 5.32 Å². The fourth-order valence-corrected chi connectivity index (χ4v) is 4.15. The number of ether oxygens (including phenoxy) is 1. The van der Waals surface area contributed by atoms with Crippen LogP contribution in [0.2, 0.25) is 10.0 Å². The number of nitrogens with one attached hydrogen (secondary N) is 1. The molecule has 1 aliphatic rings. The predicted octanol–water partition coefficient (Wildman–Crippen LogP) is 6.77. The number of halogens is 2. The Morgan fingerprint density at radius 3 is 2.12 bits per heavy atom. The van der Waals surface area contributed by atoms with Crippen molar-refractivity contribution < 1.29 is 4.74 Å². The molecular weight excluding hydrogens is 365 g/mol. The number of hydrogen-bond donors (Lipinski definition) is 1. The molecule has 3 rings (SSSR count). The van der Waals surface area contributed by atoms with Gasteiger partial charge in [-0.2, -0.15) is 0 Å². The van der Waals surface area contributed by atoms with Crippen LogP contribution in [-0.2, 0) is 13.2 Å². The van der Waals surface area contributed by atoms with Gasteiger partial charge < -0.3 is 10.1 Å². The highest BCUT2D eigenvalue weighted by atomic mass is 35.5. The van der Waals surface area contributed by atoms with Crippen LogP contribution in [0.3, 0.4) is 0 Å². The van der Waals surface area contributed by atoms with Crippen molar-refractivity contribution in [2.24, 2.45) is 0 Å². The molecule has 0 aromatic heterocycles. The Hall–Kier alpha value is -1.22. The quantitative estimate of drug-likeness (QED) is 0.585. The van der Waals surface area contributed by atoms with Gasteiger partial charge >= 0.3 is 0 Å². The summed E-state index contributed by atoms with van der Waals surface area (Å²) >= 11 is 12.9. The summed E-state index contributed by atoms with van der Waals surface area (Å²) in [5.74, 6) is 0.562. The molecule has 2 aromatic rings. The van der Waals surface area contributed by atoms with Crippen LogP contribution in [-0.4, -0.2) is 6.04 Å². The van der Waals surface area contributed by atoms with Crippen molar-refractivity contribution in [1.29, 1.82) is 0 Å². The van der Waals surface area contributed by atoms with Crippen LogP contribution >= 0.6 is 23.2 Å². The Balaban J connectivity index is 1.57. The SMILES string of the molecule is Clc1cc(CNC2CCCCCCC2)cc(Cl)c1OCc1ccccc1. The minimum atomic E-state index is 0.458. The lowest BCUT2D eigenvalue weighted by molar-refractivity contribution is 0.306. The minimum absolute atomic E-state index is 0.458. The summed E-state index contributed by atoms with van der Waals surface area (Å²) in [4.78, 5) is 0. The molecule has 1 N–H and O–H groups in total. The molecule has 1 aliphatic carbocycles. The summed E-state index contributed by atoms with van der Waals surface area (Å²) in [5.41, 5.74) is 2.20. The molecule has 0 unspecified atom stereocenters. The van der Waals surface area contributed by atoms with E-state index in [1.807, 2.05) is 42.5 Å². The van der Waals surface area contributed by atoms with E-state index in [9.17, 15) is 0 Å². The Morgan fingerprint density at radius 1 is 0.846 bits per heavy atom. The van der Waals surface area contributed by atoms with Gasteiger partial charge in [0.25, 0.3) is 0 Å². The molecule has 0 spiro atoms. The maximum atomic E-state index is 6.43. The normalized spacial score (nSPS) is 16.1. The first-order valence-electron chi connectivity index (χ1n) is 9.60. The van der Waals surface area contributed by atoms with E-state index in [1.165, 1.54) is 44.9 Å². The topological polar surface area (TPSA) is 21.3 Å². The van der Waals surface area contributed by atoms with Crippen molar-refractivity contribution in [2.75, 3.05) is 0 Å². The van der Waals surface area contributed by atoms with Crippen molar-refractivity contribution in [1.82, 2.24) is 5.32 Å². The van der Waals surface area contributed by atoms with Crippen LogP contribution < -0.4 is 10.1 Å². The van der Waals surface area contributed by atoms with Crippen molar-refractivity contribution in [3.8, 4) is 5.75 Å². The van der Waals surface area contributed by atoms with Crippen LogP contribution in [0.15, 0.2) is 42.5 Å². The molecule has 4 heteroatoms. The molecule has 0 aliphatic heterocycles. The first-order valence-corrected chi connectivity index (χ1v) is 10.4. The van der Waals surface area contributed by atoms with Gasteiger partial charge in [0.15, 0.2) is 5.75 Å². The molecule has 26 heavy (non-hydrogen) atoms. The molecule has 1 fully saturated rings. The number of hydrogen-bond acceptors (Lipinski definition) is 2. The van der Waals surface area contributed by atoms with Gasteiger partial charge in [-0.25, -0.2) is 0 Å². The van der Waals surface area contributed by atoms with Crippen LogP contribution in [0.25, 0.3) is 0 Å². The third kappa shape index (κ3) is 5.90. The summed E-state index contributed by atoms with van der Waals surface area (Å²) in [6, 6.07) is 14.5. The fourth-order valence-electron chi connectivity index (χ4n) is 3.50. The minimum Gasteiger partial charge on any atom is -0.486 e. The molecule has 2 nitrogen and oxygen atoms in total. The van der Waals surface area contributed by atoms with E-state index in [1.54, 1.807) is 0 Å². The van der Waals surface area contributed by atoms with E-state index >= 15 is 0 Å². The summed E-state index contributed by atoms with van der Waals surface area (Å²) in [6.45, 7) is 1.25. The van der Waals surface area contributed by atoms with Crippen LogP contribution in [0.5, 0.6) is 5.75 Å². The first kappa shape index (κ1) is 19.5. The zero-order valence-electron chi connectivity index (χ0n) is 15.1. The van der Waals surface area contributed by atoms with E-state index in [4.69, 9.17) is 27.9 Å². The van der Waals surface area contributed by atoms with Crippen molar-refractivity contribution >= 4 is 23.2 Å². The van der Waals surface area contributed by atoms with Gasteiger partial charge in [-0.15, -0.1) is 0 Å². The summed E-state index contributed by atoms with van der Waals surface area (Å²) in [6.07, 6.45) is 9.30. The highest BCUT2D eigenvalue weighted by Gasteiger charge is 2.13. The van der Waals surface area contributed by atoms with Gasteiger partial charge in [-0.05, 0) is 36.1 Å². The largest absolute Gasteiger partial charge is 0.486 e. The van der Waals surface area contributed by atoms with Crippen LogP contribution in [0.1, 0.15) is 56.1 Å². The highest BCUT2D eigenvalue weighted by molar-refractivity contribution is 6.37. The molecular formula is C22H27Cl2NO. The van der Waals surface area contributed by atoms with Crippen LogP contribution in [0.4, 0.5) is 0 Å². The number of rotatable bonds is 6. The third-order valence-electron chi connectivity index (χ3n) is 4.98. The van der Waals surface area contributed by atoms with Gasteiger partial charge in [0.2, 0.25) is 0 Å². The summed E-state index contributed by atoms with van der Waals surface area (Å²) < 4.78 is 5.85. The average molecular weight is 392 g/mol. The Morgan fingerprint density at radius 2 is 1.46 bits per heavy atom. The molecule has 2 aromatic carbocycles. The fraction of sp³-hybridized carbons (Fsp3) is 0.455. The van der Waals surface area contributed by atoms with Crippen molar-refractivity contribution in [3.05, 3.63) is 63.6 Å². The Bertz CT molecular complexity index is 659. The molecule has 0 bridgehead atoms. The Labute approximate surface area is 166 Å². The molecule has 0 heterocycles. The molecule has 0 atom stereocenters. The van der Waals surface area contributed by atoms with E-state index in [0.29, 0.717) is 28.4 Å². The summed E-state index contributed by atoms with van der Waals surface area (Å²) in [5, 5.41) is 4.82. The van der Waals surface area contributed by atoms with Crippen molar-refractivity contribution in [3.63, 3.8) is 0 Å². The second kappa shape index (κ2) is 10.2. The number of benzene rings is 2. The zero-order valence-corrected chi connectivity index (χ0v) is 16.7. The Kier molecular flexibility index (Phi) is 7.67. The van der Waals surface area contributed by atoms with E-state index < -0.39 is 0 Å². The molecule has 1 saturated carbocycles. The van der Waals surface area contributed by atoms with Gasteiger partial charge in [0.1, 0.15) is 6.61 Å². The highest BCUT2D eigenvalue weighted by Crippen LogP contribution is 2.35. The third-order valence-corrected chi connectivity index (χ3v) is 5.55. The van der Waals surface area contributed by atoms with Gasteiger partial charge in [-0.1, -0.05) is 85.6 Å². The second-order valence-corrected chi connectivity index (χ2v) is 7.90. The zero-order chi connectivity index (χ0) is 18.2. The standard InChI is InChI=1S/C22H27Cl2NO/c23-20-13-18(15-25-19-11-7-2-1-3-8-12-19)14-21(24)22(20)26-16-17-9-5-4-6-10-17/h4-6,9-10,13-14,19,25H,1-3,7-8,11-12,15-16H2. The lowest BCUT2D eigenvalue weighted by Gasteiger charge is -2.21. The van der Waals surface area contributed by atoms with Gasteiger partial charge in [0, 0.05) is 12.6 Å². The molecule has 140 valence electrons. The second-order valence-electron chi connectivity index (χ2n) is 7.09. The maximum absolute atomic E-state index is 6.43. The van der Waals surface area contributed by atoms with Crippen LogP contribution in [0, 0.1) is 0 Å². The molecule has 0 amide bonds. The predicted molar refractivity (Wildman–Crippen MR) is 110 cm³/mol. The van der Waals surface area contributed by atoms with Crippen molar-refractivity contribution in [2.45, 2.75) is 64.1 Å². The summed E-state index contributed by atoms with van der Waals surface area (Å²) in [7, 11) is 0. The van der Waals surface area contributed by atoms with E-state index in [-0.39, 0.29) is 0 Å². The first-order chi connectivity index (χ1) is 12.7. The lowest BCUT2D eigenvalue weighted by atomic mass is 9.96. The smallest absolute Gasteiger partial charge is 0.156 e. The monoisotopic (exact) mass is 391 g/mol.